The number of aryl methyl sites for hydroxylation is 2. The van der Waals surface area contributed by atoms with Crippen LogP contribution >= 0.6 is 0 Å². The zero-order valence-electron chi connectivity index (χ0n) is 16.4. The van der Waals surface area contributed by atoms with Gasteiger partial charge in [0.05, 0.1) is 23.6 Å². The van der Waals surface area contributed by atoms with Crippen LogP contribution in [0.3, 0.4) is 0 Å². The molecule has 0 bridgehead atoms. The summed E-state index contributed by atoms with van der Waals surface area (Å²) in [5.41, 5.74) is 1.21. The summed E-state index contributed by atoms with van der Waals surface area (Å²) < 4.78 is 26.3. The SMILES string of the molecule is CS(=O)(=O)N1CCC(O)(CNC2CCC(n3nc4c(cc3=O)CCC4)CC2)C1. The number of hydrogen-bond donors (Lipinski definition) is 2. The molecule has 156 valence electrons. The van der Waals surface area contributed by atoms with Crippen molar-refractivity contribution in [2.45, 2.75) is 69.1 Å². The first-order valence-corrected chi connectivity index (χ1v) is 12.1. The molecule has 1 saturated carbocycles. The third-order valence-electron chi connectivity index (χ3n) is 6.51. The molecule has 2 heterocycles. The van der Waals surface area contributed by atoms with Crippen molar-refractivity contribution >= 4 is 10.0 Å². The van der Waals surface area contributed by atoms with E-state index in [9.17, 15) is 18.3 Å². The summed E-state index contributed by atoms with van der Waals surface area (Å²) in [6, 6.07) is 2.19. The van der Waals surface area contributed by atoms with Crippen molar-refractivity contribution in [3.63, 3.8) is 0 Å². The molecule has 2 fully saturated rings. The molecule has 1 saturated heterocycles. The van der Waals surface area contributed by atoms with Crippen LogP contribution in [0.15, 0.2) is 10.9 Å². The van der Waals surface area contributed by atoms with Gasteiger partial charge in [-0.05, 0) is 56.9 Å². The van der Waals surface area contributed by atoms with Crippen LogP contribution in [0, 0.1) is 0 Å². The van der Waals surface area contributed by atoms with Gasteiger partial charge in [0.2, 0.25) is 10.0 Å². The molecule has 1 unspecified atom stereocenters. The number of fused-ring (bicyclic) bond motifs is 1. The van der Waals surface area contributed by atoms with Crippen LogP contribution in [0.4, 0.5) is 0 Å². The molecule has 1 aromatic rings. The number of aliphatic hydroxyl groups is 1. The maximum absolute atomic E-state index is 12.4. The molecule has 2 N–H and O–H groups in total. The standard InChI is InChI=1S/C19H30N4O4S/c1-28(26,27)22-10-9-19(25,13-22)12-20-15-5-7-16(8-6-15)23-18(24)11-14-3-2-4-17(14)21-23/h11,15-16,20,25H,2-10,12-13H2,1H3. The molecular formula is C19H30N4O4S. The Hall–Kier alpha value is -1.29. The van der Waals surface area contributed by atoms with Gasteiger partial charge in [0, 0.05) is 31.7 Å². The Morgan fingerprint density at radius 3 is 2.71 bits per heavy atom. The lowest BCUT2D eigenvalue weighted by Crippen LogP contribution is -2.47. The van der Waals surface area contributed by atoms with E-state index in [4.69, 9.17) is 0 Å². The second-order valence-electron chi connectivity index (χ2n) is 8.71. The molecular weight excluding hydrogens is 380 g/mol. The molecule has 0 amide bonds. The quantitative estimate of drug-likeness (QED) is 0.719. The smallest absolute Gasteiger partial charge is 0.267 e. The van der Waals surface area contributed by atoms with E-state index in [-0.39, 0.29) is 24.2 Å². The first kappa shape index (κ1) is 20.0. The van der Waals surface area contributed by atoms with Crippen LogP contribution in [0.5, 0.6) is 0 Å². The van der Waals surface area contributed by atoms with Gasteiger partial charge in [-0.2, -0.15) is 9.40 Å². The highest BCUT2D eigenvalue weighted by Crippen LogP contribution is 2.29. The Kier molecular flexibility index (Phi) is 5.37. The molecule has 1 aliphatic heterocycles. The second-order valence-corrected chi connectivity index (χ2v) is 10.7. The number of aromatic nitrogens is 2. The van der Waals surface area contributed by atoms with Crippen LogP contribution in [-0.4, -0.2) is 65.1 Å². The minimum absolute atomic E-state index is 0.0122. The lowest BCUT2D eigenvalue weighted by Gasteiger charge is -2.32. The van der Waals surface area contributed by atoms with Gasteiger partial charge < -0.3 is 10.4 Å². The minimum Gasteiger partial charge on any atom is -0.387 e. The number of sulfonamides is 1. The fourth-order valence-electron chi connectivity index (χ4n) is 4.78. The van der Waals surface area contributed by atoms with Crippen molar-refractivity contribution in [2.75, 3.05) is 25.9 Å². The van der Waals surface area contributed by atoms with Gasteiger partial charge in [0.1, 0.15) is 0 Å². The zero-order valence-corrected chi connectivity index (χ0v) is 17.2. The topological polar surface area (TPSA) is 105 Å². The van der Waals surface area contributed by atoms with Crippen molar-refractivity contribution < 1.29 is 13.5 Å². The predicted molar refractivity (Wildman–Crippen MR) is 106 cm³/mol. The average molecular weight is 411 g/mol. The fraction of sp³-hybridized carbons (Fsp3) is 0.789. The minimum atomic E-state index is -3.26. The lowest BCUT2D eigenvalue weighted by molar-refractivity contribution is 0.0505. The Bertz CT molecular complexity index is 892. The van der Waals surface area contributed by atoms with Crippen molar-refractivity contribution in [1.82, 2.24) is 19.4 Å². The molecule has 0 radical (unpaired) electrons. The molecule has 8 nitrogen and oxygen atoms in total. The van der Waals surface area contributed by atoms with Gasteiger partial charge in [-0.3, -0.25) is 4.79 Å². The molecule has 0 aromatic carbocycles. The predicted octanol–water partition coefficient (Wildman–Crippen LogP) is 0.202. The summed E-state index contributed by atoms with van der Waals surface area (Å²) in [6.45, 7) is 0.921. The lowest BCUT2D eigenvalue weighted by atomic mass is 9.90. The second kappa shape index (κ2) is 7.51. The largest absolute Gasteiger partial charge is 0.387 e. The van der Waals surface area contributed by atoms with Gasteiger partial charge in [-0.25, -0.2) is 13.1 Å². The summed E-state index contributed by atoms with van der Waals surface area (Å²) in [7, 11) is -3.26. The van der Waals surface area contributed by atoms with Gasteiger partial charge in [0.25, 0.3) is 5.56 Å². The van der Waals surface area contributed by atoms with Crippen molar-refractivity contribution in [3.8, 4) is 0 Å². The van der Waals surface area contributed by atoms with E-state index < -0.39 is 15.6 Å². The molecule has 2 aliphatic carbocycles. The first-order chi connectivity index (χ1) is 13.2. The molecule has 9 heteroatoms. The monoisotopic (exact) mass is 410 g/mol. The highest BCUT2D eigenvalue weighted by molar-refractivity contribution is 7.88. The van der Waals surface area contributed by atoms with Crippen LogP contribution in [0.2, 0.25) is 0 Å². The number of β-amino-alcohol motifs (C(OH)–C–C–N with tert-alkyl or cyclic N) is 1. The number of rotatable bonds is 5. The number of nitrogens with one attached hydrogen (secondary N) is 1. The maximum Gasteiger partial charge on any atom is 0.267 e. The zero-order chi connectivity index (χ0) is 19.9. The van der Waals surface area contributed by atoms with E-state index in [0.29, 0.717) is 19.5 Å². The third-order valence-corrected chi connectivity index (χ3v) is 7.76. The summed E-state index contributed by atoms with van der Waals surface area (Å²) in [6.07, 6.45) is 8.27. The van der Waals surface area contributed by atoms with E-state index in [1.54, 1.807) is 10.7 Å². The van der Waals surface area contributed by atoms with Crippen LogP contribution < -0.4 is 10.9 Å². The summed E-state index contributed by atoms with van der Waals surface area (Å²) in [4.78, 5) is 12.4. The highest BCUT2D eigenvalue weighted by atomic mass is 32.2. The molecule has 3 aliphatic rings. The van der Waals surface area contributed by atoms with Crippen LogP contribution in [0.1, 0.15) is 55.8 Å². The van der Waals surface area contributed by atoms with Crippen molar-refractivity contribution in [2.24, 2.45) is 0 Å². The Morgan fingerprint density at radius 2 is 2.04 bits per heavy atom. The molecule has 1 atom stereocenters. The summed E-state index contributed by atoms with van der Waals surface area (Å²) in [5, 5.41) is 18.7. The van der Waals surface area contributed by atoms with Gasteiger partial charge in [-0.1, -0.05) is 0 Å². The fourth-order valence-corrected chi connectivity index (χ4v) is 5.68. The van der Waals surface area contributed by atoms with E-state index in [2.05, 4.69) is 10.4 Å². The number of hydrogen-bond acceptors (Lipinski definition) is 6. The average Bonchev–Trinajstić information content (AvgIpc) is 3.26. The normalized spacial score (nSPS) is 31.2. The van der Waals surface area contributed by atoms with Crippen molar-refractivity contribution in [1.29, 1.82) is 0 Å². The first-order valence-electron chi connectivity index (χ1n) is 10.3. The Balaban J connectivity index is 1.30. The molecule has 4 rings (SSSR count). The van der Waals surface area contributed by atoms with Crippen LogP contribution in [-0.2, 0) is 22.9 Å². The maximum atomic E-state index is 12.4. The number of nitrogens with zero attached hydrogens (tertiary/aromatic N) is 3. The molecule has 1 aromatic heterocycles. The van der Waals surface area contributed by atoms with E-state index in [1.807, 2.05) is 0 Å². The molecule has 0 spiro atoms. The summed E-state index contributed by atoms with van der Waals surface area (Å²) in [5.74, 6) is 0. The van der Waals surface area contributed by atoms with Crippen LogP contribution in [0.25, 0.3) is 0 Å². The Morgan fingerprint density at radius 1 is 1.29 bits per heavy atom. The van der Waals surface area contributed by atoms with E-state index in [1.165, 1.54) is 10.6 Å². The van der Waals surface area contributed by atoms with E-state index in [0.717, 1.165) is 56.2 Å². The molecule has 28 heavy (non-hydrogen) atoms. The van der Waals surface area contributed by atoms with E-state index >= 15 is 0 Å². The highest BCUT2D eigenvalue weighted by Gasteiger charge is 2.40. The summed E-state index contributed by atoms with van der Waals surface area (Å²) >= 11 is 0. The van der Waals surface area contributed by atoms with Crippen molar-refractivity contribution in [3.05, 3.63) is 27.7 Å². The van der Waals surface area contributed by atoms with Gasteiger partial charge in [-0.15, -0.1) is 0 Å². The Labute approximate surface area is 166 Å². The van der Waals surface area contributed by atoms with Gasteiger partial charge in [0.15, 0.2) is 0 Å². The van der Waals surface area contributed by atoms with Gasteiger partial charge >= 0.3 is 0 Å². The third kappa shape index (κ3) is 4.17.